The third kappa shape index (κ3) is 16.5. The molecule has 2 unspecified atom stereocenters. The molecule has 2 atom stereocenters. The molecular formula is C76H98N4. The van der Waals surface area contributed by atoms with Crippen molar-refractivity contribution in [1.29, 1.82) is 0 Å². The third-order valence-electron chi connectivity index (χ3n) is 14.6. The minimum Gasteiger partial charge on any atom is -0.344 e. The van der Waals surface area contributed by atoms with Crippen LogP contribution >= 0.6 is 0 Å². The van der Waals surface area contributed by atoms with Gasteiger partial charge in [-0.25, -0.2) is 0 Å². The molecule has 0 saturated carbocycles. The molecular weight excluding hydrogens is 969 g/mol. The van der Waals surface area contributed by atoms with Gasteiger partial charge in [0, 0.05) is 64.0 Å². The molecule has 0 N–H and O–H groups in total. The highest BCUT2D eigenvalue weighted by Gasteiger charge is 2.32. The number of allylic oxidation sites excluding steroid dienone is 16. The van der Waals surface area contributed by atoms with Crippen molar-refractivity contribution in [2.45, 2.75) is 150 Å². The van der Waals surface area contributed by atoms with Crippen LogP contribution in [0.15, 0.2) is 245 Å². The highest BCUT2D eigenvalue weighted by atomic mass is 15.2. The molecule has 0 aromatic heterocycles. The summed E-state index contributed by atoms with van der Waals surface area (Å²) in [5.74, 6) is 0.518. The molecule has 0 heterocycles. The summed E-state index contributed by atoms with van der Waals surface area (Å²) >= 11 is 0. The van der Waals surface area contributed by atoms with Gasteiger partial charge in [-0.05, 0) is 225 Å². The third-order valence-corrected chi connectivity index (χ3v) is 14.6. The summed E-state index contributed by atoms with van der Waals surface area (Å²) in [6.45, 7) is 40.8. The van der Waals surface area contributed by atoms with Crippen LogP contribution in [-0.2, 0) is 0 Å². The van der Waals surface area contributed by atoms with Gasteiger partial charge in [0.15, 0.2) is 0 Å². The number of likely N-dealkylation sites (N-methyl/N-ethyl adjacent to an activating group) is 1. The van der Waals surface area contributed by atoms with E-state index in [9.17, 15) is 0 Å². The van der Waals surface area contributed by atoms with E-state index >= 15 is 0 Å². The maximum atomic E-state index is 2.62. The van der Waals surface area contributed by atoms with Crippen molar-refractivity contribution in [3.63, 3.8) is 0 Å². The number of aryl methyl sites for hydroxylation is 5. The predicted octanol–water partition coefficient (Wildman–Crippen LogP) is 22.5. The Morgan fingerprint density at radius 3 is 1.79 bits per heavy atom. The quantitative estimate of drug-likeness (QED) is 0.109. The lowest BCUT2D eigenvalue weighted by atomic mass is 9.88. The zero-order valence-corrected chi connectivity index (χ0v) is 52.8. The van der Waals surface area contributed by atoms with Crippen LogP contribution in [0, 0.1) is 40.5 Å². The normalized spacial score (nSPS) is 16.0. The van der Waals surface area contributed by atoms with E-state index in [0.717, 1.165) is 18.5 Å². The van der Waals surface area contributed by atoms with Gasteiger partial charge in [-0.2, -0.15) is 0 Å². The Bertz CT molecular complexity index is 3170. The van der Waals surface area contributed by atoms with Gasteiger partial charge in [-0.3, -0.25) is 0 Å². The summed E-state index contributed by atoms with van der Waals surface area (Å²) in [5, 5.41) is 0. The van der Waals surface area contributed by atoms with E-state index in [2.05, 4.69) is 311 Å². The Labute approximate surface area is 487 Å². The second-order valence-corrected chi connectivity index (χ2v) is 20.4. The fraction of sp³-hybridized carbons (Fsp3) is 0.316. The molecule has 80 heavy (non-hydrogen) atoms. The number of benzene rings is 5. The molecule has 0 spiro atoms. The second-order valence-electron chi connectivity index (χ2n) is 20.4. The number of para-hydroxylation sites is 3. The van der Waals surface area contributed by atoms with Crippen LogP contribution in [0.2, 0.25) is 0 Å². The topological polar surface area (TPSA) is 13.0 Å². The lowest BCUT2D eigenvalue weighted by molar-refractivity contribution is 0.684. The maximum absolute atomic E-state index is 2.62. The van der Waals surface area contributed by atoms with Gasteiger partial charge in [0.25, 0.3) is 0 Å². The average Bonchev–Trinajstić information content (AvgIpc) is 3.82. The Hall–Kier alpha value is -7.56. The van der Waals surface area contributed by atoms with Gasteiger partial charge in [-0.1, -0.05) is 175 Å². The number of nitrogens with zero attached hydrogens (tertiary/aromatic N) is 4. The summed E-state index contributed by atoms with van der Waals surface area (Å²) in [4.78, 5) is 9.75. The van der Waals surface area contributed by atoms with Crippen LogP contribution < -0.4 is 19.6 Å². The number of hydrogen-bond donors (Lipinski definition) is 0. The molecule has 4 heteroatoms. The van der Waals surface area contributed by atoms with Crippen molar-refractivity contribution in [2.24, 2.45) is 5.92 Å². The Morgan fingerprint density at radius 2 is 1.16 bits per heavy atom. The first-order chi connectivity index (χ1) is 38.6. The van der Waals surface area contributed by atoms with E-state index < -0.39 is 0 Å². The van der Waals surface area contributed by atoms with Gasteiger partial charge >= 0.3 is 0 Å². The molecule has 422 valence electrons. The molecule has 5 aromatic carbocycles. The van der Waals surface area contributed by atoms with Gasteiger partial charge in [-0.15, -0.1) is 0 Å². The molecule has 4 nitrogen and oxygen atoms in total. The minimum absolute atomic E-state index is 0.117. The highest BCUT2D eigenvalue weighted by molar-refractivity contribution is 5.83. The average molecular weight is 1070 g/mol. The largest absolute Gasteiger partial charge is 0.344 e. The Kier molecular flexibility index (Phi) is 26.4. The number of rotatable bonds is 13. The lowest BCUT2D eigenvalue weighted by Gasteiger charge is -2.42. The molecule has 0 radical (unpaired) electrons. The van der Waals surface area contributed by atoms with Crippen molar-refractivity contribution in [3.8, 4) is 0 Å². The summed E-state index contributed by atoms with van der Waals surface area (Å²) < 4.78 is 0. The smallest absolute Gasteiger partial charge is 0.0590 e. The van der Waals surface area contributed by atoms with Gasteiger partial charge in [0.1, 0.15) is 0 Å². The van der Waals surface area contributed by atoms with Gasteiger partial charge < -0.3 is 19.6 Å². The van der Waals surface area contributed by atoms with Crippen LogP contribution in [0.1, 0.15) is 138 Å². The van der Waals surface area contributed by atoms with Crippen molar-refractivity contribution >= 4 is 34.1 Å². The molecule has 0 amide bonds. The molecule has 3 aliphatic carbocycles. The lowest BCUT2D eigenvalue weighted by Crippen LogP contribution is -2.39. The van der Waals surface area contributed by atoms with E-state index in [-0.39, 0.29) is 6.04 Å². The maximum Gasteiger partial charge on any atom is 0.0590 e. The van der Waals surface area contributed by atoms with Crippen molar-refractivity contribution in [2.75, 3.05) is 26.6 Å². The standard InChI is InChI=1S/C53H59N3.C17H21N.3C2H6/c1-11-13-24-39(5)48(12-2)56(52-35-41(7)50(33-43(52)9)54(45-26-15-14-16-27-45)46-28-19-17-22-37(3)31-46)53-36-42(8)51(34-44(53)10)55(47-29-21-23-38(4)32-47)49-30-20-18-25-40(49)6;1-13-9-11-16(12-10-14(13)2)18(4)17-8-6-5-7-15(17)3;3*1-2/h11-18,20-34,36,52H,19,35H2,1-10H3;5-13H,1-4H3;3*1-2H3/b13-11+,39-24-,48-12+;;;;. The van der Waals surface area contributed by atoms with E-state index in [1.54, 1.807) is 0 Å². The molecule has 8 rings (SSSR count). The second kappa shape index (κ2) is 32.5. The van der Waals surface area contributed by atoms with Crippen LogP contribution in [-0.4, -0.2) is 13.1 Å². The predicted molar refractivity (Wildman–Crippen MR) is 358 cm³/mol. The summed E-state index contributed by atoms with van der Waals surface area (Å²) in [6, 6.07) is 41.8. The van der Waals surface area contributed by atoms with E-state index in [0.29, 0.717) is 5.92 Å². The first kappa shape index (κ1) is 65.0. The van der Waals surface area contributed by atoms with Crippen molar-refractivity contribution in [3.05, 3.63) is 273 Å². The fourth-order valence-electron chi connectivity index (χ4n) is 10.2. The zero-order chi connectivity index (χ0) is 59.1. The van der Waals surface area contributed by atoms with E-state index in [1.165, 1.54) is 107 Å². The number of anilines is 6. The fourth-order valence-corrected chi connectivity index (χ4v) is 10.2. The first-order valence-corrected chi connectivity index (χ1v) is 29.5. The first-order valence-electron chi connectivity index (χ1n) is 29.5. The zero-order valence-electron chi connectivity index (χ0n) is 52.8. The molecule has 3 aliphatic rings. The monoisotopic (exact) mass is 1070 g/mol. The molecule has 5 aromatic rings. The molecule has 0 saturated heterocycles. The summed E-state index contributed by atoms with van der Waals surface area (Å²) in [6.07, 6.45) is 31.0. The van der Waals surface area contributed by atoms with Crippen LogP contribution in [0.4, 0.5) is 34.1 Å². The van der Waals surface area contributed by atoms with Crippen molar-refractivity contribution < 1.29 is 0 Å². The summed E-state index contributed by atoms with van der Waals surface area (Å²) in [7, 11) is 2.12. The van der Waals surface area contributed by atoms with Crippen LogP contribution in [0.5, 0.6) is 0 Å². The van der Waals surface area contributed by atoms with Crippen LogP contribution in [0.3, 0.4) is 0 Å². The van der Waals surface area contributed by atoms with Crippen molar-refractivity contribution in [1.82, 2.24) is 0 Å². The molecule has 0 aliphatic heterocycles. The van der Waals surface area contributed by atoms with Crippen LogP contribution in [0.25, 0.3) is 0 Å². The van der Waals surface area contributed by atoms with E-state index in [4.69, 9.17) is 0 Å². The Balaban J connectivity index is 0.000000479. The molecule has 0 fully saturated rings. The van der Waals surface area contributed by atoms with Gasteiger partial charge in [0.2, 0.25) is 0 Å². The highest BCUT2D eigenvalue weighted by Crippen LogP contribution is 2.45. The van der Waals surface area contributed by atoms with E-state index in [1.807, 2.05) is 41.5 Å². The number of hydrogen-bond acceptors (Lipinski definition) is 4. The minimum atomic E-state index is 0.117. The SMILES string of the molecule is C/C=C/C=C(C)\C(=C/C)N(c1cc(C)c(N(c2cccc(C)c2)c2ccccc2C)cc1C)C1CC(C)=C(N(C2=CCC=CC(C)=C2)c2ccccc2)C=C1C.CC.CC.CC.CC1=CC=C(N(C)c2ccccc2C)C=CC1C. The Morgan fingerprint density at radius 1 is 0.562 bits per heavy atom. The van der Waals surface area contributed by atoms with Gasteiger partial charge in [0.05, 0.1) is 6.04 Å². The summed E-state index contributed by atoms with van der Waals surface area (Å²) in [5.41, 5.74) is 24.9. The molecule has 0 bridgehead atoms.